The van der Waals surface area contributed by atoms with Gasteiger partial charge in [-0.2, -0.15) is 5.10 Å². The van der Waals surface area contributed by atoms with Gasteiger partial charge in [-0.05, 0) is 69.9 Å². The van der Waals surface area contributed by atoms with Crippen molar-refractivity contribution in [2.24, 2.45) is 5.73 Å². The number of benzene rings is 3. The lowest BCUT2D eigenvalue weighted by atomic mass is 9.89. The molecule has 3 aromatic carbocycles. The van der Waals surface area contributed by atoms with E-state index < -0.39 is 0 Å². The van der Waals surface area contributed by atoms with Crippen LogP contribution in [0.3, 0.4) is 0 Å². The molecule has 0 saturated heterocycles. The molecule has 160 valence electrons. The van der Waals surface area contributed by atoms with E-state index in [1.165, 1.54) is 0 Å². The number of nitrogens with two attached hydrogens (primary N) is 1. The van der Waals surface area contributed by atoms with Gasteiger partial charge in [-0.15, -0.1) is 0 Å². The van der Waals surface area contributed by atoms with Gasteiger partial charge in [-0.25, -0.2) is 0 Å². The van der Waals surface area contributed by atoms with Gasteiger partial charge in [0, 0.05) is 23.5 Å². The summed E-state index contributed by atoms with van der Waals surface area (Å²) >= 11 is 0. The maximum Gasteiger partial charge on any atom is 0.256 e. The molecule has 0 spiro atoms. The molecule has 6 heteroatoms. The van der Waals surface area contributed by atoms with E-state index in [1.54, 1.807) is 12.4 Å². The lowest BCUT2D eigenvalue weighted by Crippen LogP contribution is -2.08. The summed E-state index contributed by atoms with van der Waals surface area (Å²) < 4.78 is 0. The fourth-order valence-corrected chi connectivity index (χ4v) is 4.48. The molecule has 6 nitrogen and oxygen atoms in total. The third-order valence-corrected chi connectivity index (χ3v) is 6.05. The molecule has 0 saturated carbocycles. The van der Waals surface area contributed by atoms with Crippen LogP contribution >= 0.6 is 0 Å². The van der Waals surface area contributed by atoms with Gasteiger partial charge in [0.05, 0.1) is 18.2 Å². The highest BCUT2D eigenvalue weighted by Gasteiger charge is 2.16. The van der Waals surface area contributed by atoms with Crippen molar-refractivity contribution in [2.45, 2.75) is 19.4 Å². The SMILES string of the molecule is NCCCc1cc2c(-c3ccccc3CO)c[nH]c(=O)c2c2cc(-c3cn[nH]c3)ccc12. The Kier molecular flexibility index (Phi) is 5.31. The zero-order chi connectivity index (χ0) is 22.1. The number of fused-ring (bicyclic) bond motifs is 3. The summed E-state index contributed by atoms with van der Waals surface area (Å²) in [6, 6.07) is 16.0. The van der Waals surface area contributed by atoms with Gasteiger partial charge in [0.2, 0.25) is 0 Å². The van der Waals surface area contributed by atoms with Crippen molar-refractivity contribution < 1.29 is 5.11 Å². The predicted octanol–water partition coefficient (Wildman–Crippen LogP) is 4.12. The number of aromatic nitrogens is 3. The Labute approximate surface area is 184 Å². The van der Waals surface area contributed by atoms with Crippen LogP contribution < -0.4 is 11.3 Å². The third kappa shape index (κ3) is 3.39. The van der Waals surface area contributed by atoms with Crippen LogP contribution in [0.25, 0.3) is 43.8 Å². The van der Waals surface area contributed by atoms with Crippen LogP contribution in [0.1, 0.15) is 17.5 Å². The first kappa shape index (κ1) is 20.2. The van der Waals surface area contributed by atoms with Crippen molar-refractivity contribution in [1.82, 2.24) is 15.2 Å². The van der Waals surface area contributed by atoms with Crippen molar-refractivity contribution in [1.29, 1.82) is 0 Å². The lowest BCUT2D eigenvalue weighted by Gasteiger charge is -2.15. The number of aryl methyl sites for hydroxylation is 1. The average Bonchev–Trinajstić information content (AvgIpc) is 3.37. The minimum atomic E-state index is -0.134. The van der Waals surface area contributed by atoms with E-state index in [1.807, 2.05) is 30.5 Å². The van der Waals surface area contributed by atoms with Crippen molar-refractivity contribution in [3.63, 3.8) is 0 Å². The van der Waals surface area contributed by atoms with Gasteiger partial charge in [0.15, 0.2) is 0 Å². The minimum Gasteiger partial charge on any atom is -0.392 e. The Balaban J connectivity index is 1.89. The molecular weight excluding hydrogens is 400 g/mol. The number of aliphatic hydroxyl groups is 1. The van der Waals surface area contributed by atoms with Crippen LogP contribution in [0.15, 0.2) is 71.9 Å². The van der Waals surface area contributed by atoms with Crippen molar-refractivity contribution >= 4 is 21.5 Å². The molecule has 2 heterocycles. The number of pyridine rings is 1. The zero-order valence-electron chi connectivity index (χ0n) is 17.6. The molecule has 0 fully saturated rings. The Bertz CT molecular complexity index is 1470. The van der Waals surface area contributed by atoms with Crippen molar-refractivity contribution in [3.8, 4) is 22.3 Å². The standard InChI is InChI=1S/C26H24N4O2/c27-9-3-5-17-11-23-24(20-6-2-1-4-18(20)15-31)14-28-26(32)25(23)22-10-16(7-8-21(17)22)19-12-29-30-13-19/h1-2,4,6-8,10-14,31H,3,5,9,15,27H2,(H,28,32)(H,29,30). The largest absolute Gasteiger partial charge is 0.392 e. The van der Waals surface area contributed by atoms with E-state index in [9.17, 15) is 9.90 Å². The second kappa shape index (κ2) is 8.42. The van der Waals surface area contributed by atoms with E-state index in [0.717, 1.165) is 62.4 Å². The predicted molar refractivity (Wildman–Crippen MR) is 128 cm³/mol. The van der Waals surface area contributed by atoms with Crippen LogP contribution in [0.2, 0.25) is 0 Å². The molecule has 0 bridgehead atoms. The van der Waals surface area contributed by atoms with Crippen molar-refractivity contribution in [2.75, 3.05) is 6.54 Å². The summed E-state index contributed by atoms with van der Waals surface area (Å²) in [5, 5.41) is 20.3. The molecule has 0 aliphatic rings. The number of aromatic amines is 2. The molecule has 0 atom stereocenters. The van der Waals surface area contributed by atoms with Crippen LogP contribution in [-0.4, -0.2) is 26.8 Å². The van der Waals surface area contributed by atoms with E-state index in [4.69, 9.17) is 5.73 Å². The first-order valence-corrected chi connectivity index (χ1v) is 10.7. The summed E-state index contributed by atoms with van der Waals surface area (Å²) in [6.45, 7) is 0.525. The highest BCUT2D eigenvalue weighted by Crippen LogP contribution is 2.36. The van der Waals surface area contributed by atoms with Crippen LogP contribution in [0.4, 0.5) is 0 Å². The smallest absolute Gasteiger partial charge is 0.256 e. The quantitative estimate of drug-likeness (QED) is 0.308. The molecule has 0 unspecified atom stereocenters. The molecular formula is C26H24N4O2. The summed E-state index contributed by atoms with van der Waals surface area (Å²) in [6.07, 6.45) is 7.04. The second-order valence-corrected chi connectivity index (χ2v) is 7.94. The third-order valence-electron chi connectivity index (χ3n) is 6.05. The highest BCUT2D eigenvalue weighted by molar-refractivity contribution is 6.13. The maximum atomic E-state index is 13.1. The summed E-state index contributed by atoms with van der Waals surface area (Å²) in [7, 11) is 0. The lowest BCUT2D eigenvalue weighted by molar-refractivity contribution is 0.282. The molecule has 0 amide bonds. The van der Waals surface area contributed by atoms with E-state index in [2.05, 4.69) is 39.4 Å². The van der Waals surface area contributed by atoms with Gasteiger partial charge in [0.25, 0.3) is 5.56 Å². The first-order valence-electron chi connectivity index (χ1n) is 10.7. The van der Waals surface area contributed by atoms with E-state index in [0.29, 0.717) is 11.9 Å². The number of hydrogen-bond donors (Lipinski definition) is 4. The molecule has 0 aliphatic carbocycles. The summed E-state index contributed by atoms with van der Waals surface area (Å²) in [5.41, 5.74) is 11.4. The van der Waals surface area contributed by atoms with Gasteiger partial charge in [-0.3, -0.25) is 9.89 Å². The first-order chi connectivity index (χ1) is 15.7. The maximum absolute atomic E-state index is 13.1. The average molecular weight is 425 g/mol. The summed E-state index contributed by atoms with van der Waals surface area (Å²) in [5.74, 6) is 0. The Morgan fingerprint density at radius 1 is 0.906 bits per heavy atom. The normalized spacial score (nSPS) is 11.4. The molecule has 0 aliphatic heterocycles. The van der Waals surface area contributed by atoms with E-state index >= 15 is 0 Å². The number of H-pyrrole nitrogens is 2. The topological polar surface area (TPSA) is 108 Å². The van der Waals surface area contributed by atoms with Crippen LogP contribution in [-0.2, 0) is 13.0 Å². The molecule has 0 radical (unpaired) electrons. The van der Waals surface area contributed by atoms with Gasteiger partial charge < -0.3 is 15.8 Å². The number of nitrogens with zero attached hydrogens (tertiary/aromatic N) is 1. The Morgan fingerprint density at radius 3 is 2.56 bits per heavy atom. The molecule has 32 heavy (non-hydrogen) atoms. The molecule has 5 N–H and O–H groups in total. The Morgan fingerprint density at radius 2 is 1.78 bits per heavy atom. The van der Waals surface area contributed by atoms with Crippen molar-refractivity contribution in [3.05, 3.63) is 88.6 Å². The fraction of sp³-hybridized carbons (Fsp3) is 0.154. The fourth-order valence-electron chi connectivity index (χ4n) is 4.48. The number of aliphatic hydroxyl groups excluding tert-OH is 1. The zero-order valence-corrected chi connectivity index (χ0v) is 17.6. The number of nitrogens with one attached hydrogen (secondary N) is 2. The van der Waals surface area contributed by atoms with Crippen LogP contribution in [0, 0.1) is 0 Å². The molecule has 5 aromatic rings. The van der Waals surface area contributed by atoms with Gasteiger partial charge in [0.1, 0.15) is 0 Å². The van der Waals surface area contributed by atoms with E-state index in [-0.39, 0.29) is 12.2 Å². The molecule has 5 rings (SSSR count). The summed E-state index contributed by atoms with van der Waals surface area (Å²) in [4.78, 5) is 16.0. The second-order valence-electron chi connectivity index (χ2n) is 7.94. The monoisotopic (exact) mass is 424 g/mol. The van der Waals surface area contributed by atoms with Crippen LogP contribution in [0.5, 0.6) is 0 Å². The highest BCUT2D eigenvalue weighted by atomic mass is 16.3. The Hall–Kier alpha value is -3.74. The van der Waals surface area contributed by atoms with Gasteiger partial charge >= 0.3 is 0 Å². The number of hydrogen-bond acceptors (Lipinski definition) is 4. The van der Waals surface area contributed by atoms with Gasteiger partial charge in [-0.1, -0.05) is 36.4 Å². The molecule has 2 aromatic heterocycles. The minimum absolute atomic E-state index is 0.0744. The number of rotatable bonds is 6.